The first kappa shape index (κ1) is 21.9. The van der Waals surface area contributed by atoms with Crippen molar-refractivity contribution in [3.05, 3.63) is 87.2 Å². The van der Waals surface area contributed by atoms with Gasteiger partial charge in [0.25, 0.3) is 5.91 Å². The van der Waals surface area contributed by atoms with Crippen LogP contribution in [0.5, 0.6) is 0 Å². The number of hydrogen-bond acceptors (Lipinski definition) is 6. The zero-order valence-electron chi connectivity index (χ0n) is 18.6. The second-order valence-corrected chi connectivity index (χ2v) is 7.72. The number of carbonyl (C=O) groups is 1. The molecule has 0 unspecified atom stereocenters. The fraction of sp³-hybridized carbons (Fsp3) is 0.273. The maximum Gasteiger partial charge on any atom is 0.312 e. The van der Waals surface area contributed by atoms with Crippen LogP contribution in [0.15, 0.2) is 49.1 Å². The normalized spacial score (nSPS) is 11.0. The number of nitrogens with zero attached hydrogens (tertiary/aromatic N) is 7. The molecule has 170 valence electrons. The molecule has 1 amide bonds. The Hall–Kier alpha value is -4.28. The SMILES string of the molecule is CCn1cc(Cn2cc(NC(=O)c3cccc(Cn4nc(C)c([N+](=O)[O-])c4C)c3)cn2)cn1. The van der Waals surface area contributed by atoms with E-state index in [2.05, 4.69) is 20.6 Å². The highest BCUT2D eigenvalue weighted by molar-refractivity contribution is 6.04. The Kier molecular flexibility index (Phi) is 6.03. The first-order valence-corrected chi connectivity index (χ1v) is 10.5. The molecule has 33 heavy (non-hydrogen) atoms. The van der Waals surface area contributed by atoms with Gasteiger partial charge < -0.3 is 5.32 Å². The third-order valence-corrected chi connectivity index (χ3v) is 5.29. The van der Waals surface area contributed by atoms with E-state index in [4.69, 9.17) is 0 Å². The highest BCUT2D eigenvalue weighted by Gasteiger charge is 2.21. The van der Waals surface area contributed by atoms with Crippen molar-refractivity contribution in [2.24, 2.45) is 0 Å². The van der Waals surface area contributed by atoms with Crippen LogP contribution in [0.25, 0.3) is 0 Å². The van der Waals surface area contributed by atoms with E-state index in [9.17, 15) is 14.9 Å². The van der Waals surface area contributed by atoms with Gasteiger partial charge in [-0.2, -0.15) is 15.3 Å². The van der Waals surface area contributed by atoms with E-state index in [0.717, 1.165) is 17.7 Å². The molecule has 0 bridgehead atoms. The molecule has 0 spiro atoms. The minimum atomic E-state index is -0.423. The van der Waals surface area contributed by atoms with Crippen LogP contribution in [0, 0.1) is 24.0 Å². The van der Waals surface area contributed by atoms with Gasteiger partial charge >= 0.3 is 5.69 Å². The van der Waals surface area contributed by atoms with Crippen LogP contribution in [0.1, 0.15) is 39.8 Å². The molecule has 0 aliphatic carbocycles. The van der Waals surface area contributed by atoms with Crippen LogP contribution >= 0.6 is 0 Å². The van der Waals surface area contributed by atoms with Gasteiger partial charge in [0.1, 0.15) is 11.4 Å². The maximum atomic E-state index is 12.8. The number of amides is 1. The second-order valence-electron chi connectivity index (χ2n) is 7.72. The molecule has 0 aliphatic rings. The standard InChI is InChI=1S/C22H24N8O3/c1-4-27-11-18(9-23-27)12-28-14-20(10-24-28)25-22(31)19-7-5-6-17(8-19)13-29-16(3)21(30(32)33)15(2)26-29/h5-11,14H,4,12-13H2,1-3H3,(H,25,31). The summed E-state index contributed by atoms with van der Waals surface area (Å²) in [6.07, 6.45) is 7.12. The van der Waals surface area contributed by atoms with Gasteiger partial charge in [0.2, 0.25) is 0 Å². The van der Waals surface area contributed by atoms with Gasteiger partial charge in [-0.05, 0) is 38.5 Å². The van der Waals surface area contributed by atoms with Crippen molar-refractivity contribution in [3.8, 4) is 0 Å². The predicted octanol–water partition coefficient (Wildman–Crippen LogP) is 3.17. The Balaban J connectivity index is 1.44. The van der Waals surface area contributed by atoms with Crippen LogP contribution < -0.4 is 5.32 Å². The van der Waals surface area contributed by atoms with Crippen LogP contribution in [0.2, 0.25) is 0 Å². The van der Waals surface area contributed by atoms with Crippen molar-refractivity contribution in [2.75, 3.05) is 5.32 Å². The molecule has 0 aliphatic heterocycles. The van der Waals surface area contributed by atoms with E-state index in [1.54, 1.807) is 60.0 Å². The van der Waals surface area contributed by atoms with E-state index in [1.807, 2.05) is 23.9 Å². The molecule has 4 aromatic rings. The zero-order chi connectivity index (χ0) is 23.5. The zero-order valence-corrected chi connectivity index (χ0v) is 18.6. The first-order valence-electron chi connectivity index (χ1n) is 10.5. The summed E-state index contributed by atoms with van der Waals surface area (Å²) in [5.41, 5.74) is 3.75. The summed E-state index contributed by atoms with van der Waals surface area (Å²) >= 11 is 0. The Morgan fingerprint density at radius 1 is 1.09 bits per heavy atom. The molecule has 4 rings (SSSR count). The first-order chi connectivity index (χ1) is 15.8. The van der Waals surface area contributed by atoms with Crippen LogP contribution in [0.3, 0.4) is 0 Å². The Labute approximate surface area is 189 Å². The van der Waals surface area contributed by atoms with E-state index in [1.165, 1.54) is 0 Å². The van der Waals surface area contributed by atoms with Crippen molar-refractivity contribution >= 4 is 17.3 Å². The average Bonchev–Trinajstić information content (AvgIpc) is 3.48. The minimum absolute atomic E-state index is 0.0166. The summed E-state index contributed by atoms with van der Waals surface area (Å²) in [4.78, 5) is 23.6. The number of aromatic nitrogens is 6. The number of rotatable bonds is 8. The van der Waals surface area contributed by atoms with Gasteiger partial charge in [-0.1, -0.05) is 12.1 Å². The monoisotopic (exact) mass is 448 g/mol. The summed E-state index contributed by atoms with van der Waals surface area (Å²) in [5, 5.41) is 26.9. The third-order valence-electron chi connectivity index (χ3n) is 5.29. The molecule has 11 nitrogen and oxygen atoms in total. The molecule has 0 radical (unpaired) electrons. The molecule has 0 fully saturated rings. The third kappa shape index (κ3) is 4.81. The van der Waals surface area contributed by atoms with Gasteiger partial charge in [-0.3, -0.25) is 29.0 Å². The van der Waals surface area contributed by atoms with E-state index in [0.29, 0.717) is 35.7 Å². The number of aryl methyl sites for hydroxylation is 2. The van der Waals surface area contributed by atoms with Crippen molar-refractivity contribution in [1.29, 1.82) is 0 Å². The van der Waals surface area contributed by atoms with Crippen LogP contribution in [-0.4, -0.2) is 40.2 Å². The minimum Gasteiger partial charge on any atom is -0.319 e. The number of anilines is 1. The fourth-order valence-corrected chi connectivity index (χ4v) is 3.66. The largest absolute Gasteiger partial charge is 0.319 e. The molecule has 0 saturated heterocycles. The molecule has 0 atom stereocenters. The molecule has 11 heteroatoms. The lowest BCUT2D eigenvalue weighted by Crippen LogP contribution is -2.12. The summed E-state index contributed by atoms with van der Waals surface area (Å²) in [5.74, 6) is -0.269. The van der Waals surface area contributed by atoms with E-state index in [-0.39, 0.29) is 11.6 Å². The molecule has 3 aromatic heterocycles. The maximum absolute atomic E-state index is 12.8. The number of benzene rings is 1. The van der Waals surface area contributed by atoms with Crippen molar-refractivity contribution in [3.63, 3.8) is 0 Å². The molecule has 0 saturated carbocycles. The molecule has 3 heterocycles. The molecule has 1 aromatic carbocycles. The van der Waals surface area contributed by atoms with Gasteiger partial charge in [0, 0.05) is 30.1 Å². The van der Waals surface area contributed by atoms with Gasteiger partial charge in [-0.15, -0.1) is 0 Å². The lowest BCUT2D eigenvalue weighted by Gasteiger charge is -2.07. The lowest BCUT2D eigenvalue weighted by atomic mass is 10.1. The van der Waals surface area contributed by atoms with Gasteiger partial charge in [-0.25, -0.2) is 0 Å². The molecular weight excluding hydrogens is 424 g/mol. The summed E-state index contributed by atoms with van der Waals surface area (Å²) < 4.78 is 5.16. The topological polar surface area (TPSA) is 126 Å². The fourth-order valence-electron chi connectivity index (χ4n) is 3.66. The smallest absolute Gasteiger partial charge is 0.312 e. The number of carbonyl (C=O) groups excluding carboxylic acids is 1. The quantitative estimate of drug-likeness (QED) is 0.326. The average molecular weight is 448 g/mol. The van der Waals surface area contributed by atoms with E-state index >= 15 is 0 Å². The Bertz CT molecular complexity index is 1320. The summed E-state index contributed by atoms with van der Waals surface area (Å²) in [6, 6.07) is 7.10. The Morgan fingerprint density at radius 3 is 2.58 bits per heavy atom. The molecule has 1 N–H and O–H groups in total. The van der Waals surface area contributed by atoms with Gasteiger partial charge in [0.15, 0.2) is 0 Å². The van der Waals surface area contributed by atoms with Crippen molar-refractivity contribution in [1.82, 2.24) is 29.3 Å². The number of nitro groups is 1. The number of hydrogen-bond donors (Lipinski definition) is 1. The number of nitrogens with one attached hydrogen (secondary N) is 1. The second kappa shape index (κ2) is 9.07. The summed E-state index contributed by atoms with van der Waals surface area (Å²) in [6.45, 7) is 6.98. The van der Waals surface area contributed by atoms with Gasteiger partial charge in [0.05, 0.1) is 36.1 Å². The lowest BCUT2D eigenvalue weighted by molar-refractivity contribution is -0.386. The highest BCUT2D eigenvalue weighted by Crippen LogP contribution is 2.23. The van der Waals surface area contributed by atoms with Crippen molar-refractivity contribution < 1.29 is 9.72 Å². The van der Waals surface area contributed by atoms with E-state index < -0.39 is 4.92 Å². The van der Waals surface area contributed by atoms with Crippen molar-refractivity contribution in [2.45, 2.75) is 40.4 Å². The van der Waals surface area contributed by atoms with Crippen LogP contribution in [-0.2, 0) is 19.6 Å². The highest BCUT2D eigenvalue weighted by atomic mass is 16.6. The summed E-state index contributed by atoms with van der Waals surface area (Å²) in [7, 11) is 0. The van der Waals surface area contributed by atoms with Crippen LogP contribution in [0.4, 0.5) is 11.4 Å². The Morgan fingerprint density at radius 2 is 1.88 bits per heavy atom. The predicted molar refractivity (Wildman–Crippen MR) is 121 cm³/mol. The molecular formula is C22H24N8O3.